The molecule has 0 spiro atoms. The molecule has 150 valence electrons. The molecule has 1 heterocycles. The van der Waals surface area contributed by atoms with Crippen molar-refractivity contribution in [3.63, 3.8) is 0 Å². The predicted molar refractivity (Wildman–Crippen MR) is 111 cm³/mol. The molecule has 0 saturated heterocycles. The van der Waals surface area contributed by atoms with Crippen molar-refractivity contribution in [2.24, 2.45) is 5.10 Å². The van der Waals surface area contributed by atoms with Crippen LogP contribution < -0.4 is 20.5 Å². The van der Waals surface area contributed by atoms with Gasteiger partial charge in [-0.2, -0.15) is 5.10 Å². The van der Waals surface area contributed by atoms with Gasteiger partial charge < -0.3 is 20.5 Å². The summed E-state index contributed by atoms with van der Waals surface area (Å²) >= 11 is 0. The zero-order chi connectivity index (χ0) is 20.6. The maximum absolute atomic E-state index is 12.0. The Hall–Kier alpha value is -3.81. The fourth-order valence-electron chi connectivity index (χ4n) is 2.60. The van der Waals surface area contributed by atoms with Crippen LogP contribution in [0, 0.1) is 6.92 Å². The molecule has 1 aromatic heterocycles. The Balaban J connectivity index is 1.58. The number of hydrogen-bond acceptors (Lipinski definition) is 6. The molecule has 1 amide bonds. The van der Waals surface area contributed by atoms with Crippen molar-refractivity contribution in [1.82, 2.24) is 15.0 Å². The van der Waals surface area contributed by atoms with Crippen LogP contribution in [0.3, 0.4) is 0 Å². The average molecular weight is 393 g/mol. The van der Waals surface area contributed by atoms with Crippen molar-refractivity contribution in [2.45, 2.75) is 13.5 Å². The van der Waals surface area contributed by atoms with Gasteiger partial charge in [0.2, 0.25) is 5.95 Å². The van der Waals surface area contributed by atoms with Gasteiger partial charge in [-0.3, -0.25) is 4.79 Å². The lowest BCUT2D eigenvalue weighted by molar-refractivity contribution is -0.123. The lowest BCUT2D eigenvalue weighted by atomic mass is 10.2. The summed E-state index contributed by atoms with van der Waals surface area (Å²) in [5, 5.41) is 7.09. The number of nitrogens with one attached hydrogen (secondary N) is 1. The monoisotopic (exact) mass is 393 g/mol. The summed E-state index contributed by atoms with van der Waals surface area (Å²) in [6, 6.07) is 15.0. The van der Waals surface area contributed by atoms with Gasteiger partial charge in [-0.25, -0.2) is 9.66 Å². The molecule has 0 aliphatic rings. The number of nitrogens with zero attached hydrogens (tertiary/aromatic N) is 3. The van der Waals surface area contributed by atoms with E-state index in [1.165, 1.54) is 11.8 Å². The fraction of sp³-hybridized carbons (Fsp3) is 0.190. The number of nitrogen functional groups attached to an aromatic ring is 1. The van der Waals surface area contributed by atoms with Crippen molar-refractivity contribution in [3.8, 4) is 11.5 Å². The van der Waals surface area contributed by atoms with Crippen molar-refractivity contribution in [3.05, 3.63) is 71.5 Å². The van der Waals surface area contributed by atoms with E-state index in [0.717, 1.165) is 16.8 Å². The molecule has 0 fully saturated rings. The maximum Gasteiger partial charge on any atom is 0.258 e. The number of carbonyl (C=O) groups excluding carboxylic acids is 1. The number of hydrogen-bond donors (Lipinski definition) is 2. The Bertz CT molecular complexity index is 999. The Labute approximate surface area is 169 Å². The summed E-state index contributed by atoms with van der Waals surface area (Å²) in [6.45, 7) is 2.18. The second kappa shape index (κ2) is 9.41. The summed E-state index contributed by atoms with van der Waals surface area (Å²) in [5.74, 6) is 1.07. The van der Waals surface area contributed by atoms with E-state index in [9.17, 15) is 4.79 Å². The first-order valence-corrected chi connectivity index (χ1v) is 9.02. The molecule has 0 unspecified atom stereocenters. The molecule has 0 radical (unpaired) electrons. The normalized spacial score (nSPS) is 10.8. The van der Waals surface area contributed by atoms with Crippen molar-refractivity contribution in [2.75, 3.05) is 19.5 Å². The second-order valence-electron chi connectivity index (χ2n) is 6.29. The van der Waals surface area contributed by atoms with E-state index >= 15 is 0 Å². The summed E-state index contributed by atoms with van der Waals surface area (Å²) in [5.41, 5.74) is 8.36. The molecule has 0 atom stereocenters. The molecule has 3 N–H and O–H groups in total. The molecule has 3 aromatic rings. The molecule has 0 bridgehead atoms. The molecule has 8 nitrogen and oxygen atoms in total. The van der Waals surface area contributed by atoms with Gasteiger partial charge in [0.15, 0.2) is 18.1 Å². The minimum atomic E-state index is -0.215. The first kappa shape index (κ1) is 19.9. The van der Waals surface area contributed by atoms with Crippen LogP contribution in [0.25, 0.3) is 0 Å². The number of rotatable bonds is 8. The van der Waals surface area contributed by atoms with Crippen molar-refractivity contribution < 1.29 is 14.3 Å². The van der Waals surface area contributed by atoms with E-state index in [1.807, 2.05) is 43.3 Å². The predicted octanol–water partition coefficient (Wildman–Crippen LogP) is 2.36. The van der Waals surface area contributed by atoms with Gasteiger partial charge in [0.05, 0.1) is 25.2 Å². The van der Waals surface area contributed by atoms with Crippen LogP contribution in [0.15, 0.2) is 59.8 Å². The van der Waals surface area contributed by atoms with Gasteiger partial charge in [-0.15, -0.1) is 0 Å². The highest BCUT2D eigenvalue weighted by molar-refractivity contribution is 5.81. The summed E-state index contributed by atoms with van der Waals surface area (Å²) in [6.07, 6.45) is 3.37. The van der Waals surface area contributed by atoms with E-state index < -0.39 is 0 Å². The van der Waals surface area contributed by atoms with Crippen LogP contribution in [-0.2, 0) is 11.3 Å². The van der Waals surface area contributed by atoms with Gasteiger partial charge in [0.25, 0.3) is 5.91 Å². The fourth-order valence-corrected chi connectivity index (χ4v) is 2.60. The van der Waals surface area contributed by atoms with Crippen LogP contribution in [0.2, 0.25) is 0 Å². The standard InChI is InChI=1S/C21H23N5O3/c1-15-13-26(21(22)25-15)24-12-17-8-9-18(19(10-17)28-2)29-14-20(27)23-11-16-6-4-3-5-7-16/h3-10,12-13H,11,14H2,1-2H3,(H2,22,25)(H,23,27). The molecular formula is C21H23N5O3. The minimum Gasteiger partial charge on any atom is -0.493 e. The largest absolute Gasteiger partial charge is 0.493 e. The Morgan fingerprint density at radius 3 is 2.72 bits per heavy atom. The Morgan fingerprint density at radius 2 is 2.03 bits per heavy atom. The molecule has 0 aliphatic carbocycles. The van der Waals surface area contributed by atoms with E-state index in [-0.39, 0.29) is 12.5 Å². The van der Waals surface area contributed by atoms with Crippen LogP contribution >= 0.6 is 0 Å². The maximum atomic E-state index is 12.0. The summed E-state index contributed by atoms with van der Waals surface area (Å²) in [7, 11) is 1.54. The number of aromatic nitrogens is 2. The molecule has 0 aliphatic heterocycles. The van der Waals surface area contributed by atoms with Crippen molar-refractivity contribution in [1.29, 1.82) is 0 Å². The lowest BCUT2D eigenvalue weighted by Crippen LogP contribution is -2.28. The Kier molecular flexibility index (Phi) is 6.47. The number of nitrogens with two attached hydrogens (primary N) is 1. The van der Waals surface area contributed by atoms with Gasteiger partial charge in [-0.05, 0) is 36.2 Å². The highest BCUT2D eigenvalue weighted by atomic mass is 16.5. The average Bonchev–Trinajstić information content (AvgIpc) is 3.07. The number of benzene rings is 2. The van der Waals surface area contributed by atoms with E-state index in [4.69, 9.17) is 15.2 Å². The number of aryl methyl sites for hydroxylation is 1. The first-order valence-electron chi connectivity index (χ1n) is 9.02. The molecule has 2 aromatic carbocycles. The van der Waals surface area contributed by atoms with E-state index in [0.29, 0.717) is 24.0 Å². The van der Waals surface area contributed by atoms with Gasteiger partial charge in [-0.1, -0.05) is 30.3 Å². The zero-order valence-electron chi connectivity index (χ0n) is 16.3. The molecule has 8 heteroatoms. The molecule has 3 rings (SSSR count). The van der Waals surface area contributed by atoms with Crippen LogP contribution in [0.5, 0.6) is 11.5 Å². The minimum absolute atomic E-state index is 0.110. The molecular weight excluding hydrogens is 370 g/mol. The second-order valence-corrected chi connectivity index (χ2v) is 6.29. The summed E-state index contributed by atoms with van der Waals surface area (Å²) in [4.78, 5) is 16.1. The van der Waals surface area contributed by atoms with E-state index in [1.54, 1.807) is 24.5 Å². The number of carbonyl (C=O) groups is 1. The SMILES string of the molecule is COc1cc(C=Nn2cc(C)nc2N)ccc1OCC(=O)NCc1ccccc1. The number of ether oxygens (including phenoxy) is 2. The number of anilines is 1. The van der Waals surface area contributed by atoms with Crippen molar-refractivity contribution >= 4 is 18.1 Å². The third-order valence-corrected chi connectivity index (χ3v) is 4.04. The highest BCUT2D eigenvalue weighted by Crippen LogP contribution is 2.27. The smallest absolute Gasteiger partial charge is 0.258 e. The summed E-state index contributed by atoms with van der Waals surface area (Å²) < 4.78 is 12.5. The number of imidazole rings is 1. The van der Waals surface area contributed by atoms with Gasteiger partial charge >= 0.3 is 0 Å². The third-order valence-electron chi connectivity index (χ3n) is 4.04. The molecule has 0 saturated carbocycles. The van der Waals surface area contributed by atoms with Gasteiger partial charge in [0, 0.05) is 6.54 Å². The number of methoxy groups -OCH3 is 1. The third kappa shape index (κ3) is 5.58. The van der Waals surface area contributed by atoms with E-state index in [2.05, 4.69) is 15.4 Å². The molecule has 29 heavy (non-hydrogen) atoms. The zero-order valence-corrected chi connectivity index (χ0v) is 16.3. The quantitative estimate of drug-likeness (QED) is 0.572. The van der Waals surface area contributed by atoms with Crippen LogP contribution in [0.1, 0.15) is 16.8 Å². The van der Waals surface area contributed by atoms with Gasteiger partial charge in [0.1, 0.15) is 0 Å². The lowest BCUT2D eigenvalue weighted by Gasteiger charge is -2.11. The topological polar surface area (TPSA) is 104 Å². The first-order chi connectivity index (χ1) is 14.0. The Morgan fingerprint density at radius 1 is 1.24 bits per heavy atom. The van der Waals surface area contributed by atoms with Crippen LogP contribution in [0.4, 0.5) is 5.95 Å². The number of amides is 1. The van der Waals surface area contributed by atoms with Crippen LogP contribution in [-0.4, -0.2) is 35.5 Å². The highest BCUT2D eigenvalue weighted by Gasteiger charge is 2.08.